The predicted octanol–water partition coefficient (Wildman–Crippen LogP) is 4.55. The number of carbonyl (C=O) groups excluding carboxylic acids is 1. The minimum Gasteiger partial charge on any atom is -0.326 e. The number of amides is 1. The van der Waals surface area contributed by atoms with Gasteiger partial charge < -0.3 is 5.32 Å². The SMILES string of the molecule is CC(=O)Nc1ccc(S(=O)(=O)Nc2ccc(S(=O)(=O)Nc3cc(Cl)cc(Cl)c3)cc2)cc1. The summed E-state index contributed by atoms with van der Waals surface area (Å²) >= 11 is 11.8. The second-order valence-electron chi connectivity index (χ2n) is 6.60. The van der Waals surface area contributed by atoms with Gasteiger partial charge in [0.2, 0.25) is 5.91 Å². The number of hydrogen-bond acceptors (Lipinski definition) is 5. The minimum atomic E-state index is -3.95. The van der Waals surface area contributed by atoms with Gasteiger partial charge in [-0.25, -0.2) is 16.8 Å². The maximum Gasteiger partial charge on any atom is 0.261 e. The van der Waals surface area contributed by atoms with Crippen molar-refractivity contribution >= 4 is 66.2 Å². The van der Waals surface area contributed by atoms with Crippen molar-refractivity contribution in [2.75, 3.05) is 14.8 Å². The summed E-state index contributed by atoms with van der Waals surface area (Å²) in [7, 11) is -7.88. The van der Waals surface area contributed by atoms with Gasteiger partial charge in [-0.2, -0.15) is 0 Å². The Labute approximate surface area is 195 Å². The van der Waals surface area contributed by atoms with Crippen LogP contribution in [0.25, 0.3) is 0 Å². The quantitative estimate of drug-likeness (QED) is 0.427. The van der Waals surface area contributed by atoms with Crippen molar-refractivity contribution < 1.29 is 21.6 Å². The van der Waals surface area contributed by atoms with Crippen LogP contribution in [0.15, 0.2) is 76.5 Å². The summed E-state index contributed by atoms with van der Waals surface area (Å²) in [6, 6.07) is 15.0. The molecule has 0 aliphatic carbocycles. The molecule has 1 amide bonds. The Morgan fingerprint density at radius 3 is 1.50 bits per heavy atom. The topological polar surface area (TPSA) is 121 Å². The number of halogens is 2. The molecule has 3 aromatic carbocycles. The van der Waals surface area contributed by atoms with Crippen LogP contribution in [-0.2, 0) is 24.8 Å². The van der Waals surface area contributed by atoms with Gasteiger partial charge in [-0.1, -0.05) is 23.2 Å². The fraction of sp³-hybridized carbons (Fsp3) is 0.0500. The summed E-state index contributed by atoms with van der Waals surface area (Å²) < 4.78 is 55.0. The van der Waals surface area contributed by atoms with Gasteiger partial charge in [0.25, 0.3) is 20.0 Å². The lowest BCUT2D eigenvalue weighted by Crippen LogP contribution is -2.15. The van der Waals surface area contributed by atoms with E-state index in [-0.39, 0.29) is 37.1 Å². The van der Waals surface area contributed by atoms with Crippen LogP contribution in [0.5, 0.6) is 0 Å². The number of nitrogens with one attached hydrogen (secondary N) is 3. The average Bonchev–Trinajstić information content (AvgIpc) is 2.67. The van der Waals surface area contributed by atoms with Gasteiger partial charge in [0, 0.05) is 28.3 Å². The molecule has 0 aliphatic rings. The van der Waals surface area contributed by atoms with Crippen molar-refractivity contribution in [1.82, 2.24) is 0 Å². The lowest BCUT2D eigenvalue weighted by Gasteiger charge is -2.11. The third-order valence-electron chi connectivity index (χ3n) is 4.02. The zero-order chi connectivity index (χ0) is 23.5. The molecule has 0 heterocycles. The largest absolute Gasteiger partial charge is 0.326 e. The second kappa shape index (κ2) is 9.37. The van der Waals surface area contributed by atoms with E-state index in [2.05, 4.69) is 14.8 Å². The molecule has 8 nitrogen and oxygen atoms in total. The smallest absolute Gasteiger partial charge is 0.261 e. The van der Waals surface area contributed by atoms with Crippen molar-refractivity contribution in [3.63, 3.8) is 0 Å². The molecule has 0 radical (unpaired) electrons. The standard InChI is InChI=1S/C20H17Cl2N3O5S2/c1-13(26)23-16-2-6-19(7-3-16)31(27,28)24-17-4-8-20(9-5-17)32(29,30)25-18-11-14(21)10-15(22)12-18/h2-12,24-25H,1H3,(H,23,26). The molecular formula is C20H17Cl2N3O5S2. The maximum atomic E-state index is 12.6. The number of anilines is 3. The van der Waals surface area contributed by atoms with Crippen LogP contribution in [-0.4, -0.2) is 22.7 Å². The van der Waals surface area contributed by atoms with E-state index < -0.39 is 20.0 Å². The molecular weight excluding hydrogens is 497 g/mol. The van der Waals surface area contributed by atoms with Crippen LogP contribution in [0.1, 0.15) is 6.92 Å². The van der Waals surface area contributed by atoms with Gasteiger partial charge >= 0.3 is 0 Å². The molecule has 0 spiro atoms. The normalized spacial score (nSPS) is 11.6. The number of carbonyl (C=O) groups is 1. The molecule has 32 heavy (non-hydrogen) atoms. The molecule has 0 bridgehead atoms. The number of hydrogen-bond donors (Lipinski definition) is 3. The van der Waals surface area contributed by atoms with E-state index in [0.29, 0.717) is 5.69 Å². The number of rotatable bonds is 7. The first kappa shape index (κ1) is 23.9. The summed E-state index contributed by atoms with van der Waals surface area (Å²) in [5.74, 6) is -0.276. The van der Waals surface area contributed by atoms with Crippen LogP contribution in [0.3, 0.4) is 0 Å². The van der Waals surface area contributed by atoms with Gasteiger partial charge in [-0.05, 0) is 66.7 Å². The van der Waals surface area contributed by atoms with Crippen molar-refractivity contribution in [2.45, 2.75) is 16.7 Å². The molecule has 0 unspecified atom stereocenters. The van der Waals surface area contributed by atoms with Gasteiger partial charge in [-0.15, -0.1) is 0 Å². The van der Waals surface area contributed by atoms with E-state index in [1.165, 1.54) is 73.7 Å². The number of sulfonamides is 2. The zero-order valence-corrected chi connectivity index (χ0v) is 19.6. The van der Waals surface area contributed by atoms with Crippen molar-refractivity contribution in [3.05, 3.63) is 76.8 Å². The highest BCUT2D eigenvalue weighted by atomic mass is 35.5. The molecule has 168 valence electrons. The summed E-state index contributed by atoms with van der Waals surface area (Å²) in [6.45, 7) is 1.34. The first-order chi connectivity index (χ1) is 14.9. The van der Waals surface area contributed by atoms with Crippen molar-refractivity contribution in [3.8, 4) is 0 Å². The highest BCUT2D eigenvalue weighted by molar-refractivity contribution is 7.93. The van der Waals surface area contributed by atoms with E-state index >= 15 is 0 Å². The Kier molecular flexibility index (Phi) is 6.99. The van der Waals surface area contributed by atoms with Crippen LogP contribution in [0.4, 0.5) is 17.1 Å². The van der Waals surface area contributed by atoms with Gasteiger partial charge in [0.15, 0.2) is 0 Å². The molecule has 0 saturated heterocycles. The highest BCUT2D eigenvalue weighted by Gasteiger charge is 2.17. The predicted molar refractivity (Wildman–Crippen MR) is 125 cm³/mol. The molecule has 0 aliphatic heterocycles. The van der Waals surface area contributed by atoms with E-state index in [1.54, 1.807) is 0 Å². The molecule has 3 N–H and O–H groups in total. The summed E-state index contributed by atoms with van der Waals surface area (Å²) in [5, 5.41) is 3.08. The third-order valence-corrected chi connectivity index (χ3v) is 7.25. The lowest BCUT2D eigenvalue weighted by molar-refractivity contribution is -0.114. The molecule has 12 heteroatoms. The monoisotopic (exact) mass is 513 g/mol. The highest BCUT2D eigenvalue weighted by Crippen LogP contribution is 2.25. The number of benzene rings is 3. The van der Waals surface area contributed by atoms with Gasteiger partial charge in [-0.3, -0.25) is 14.2 Å². The first-order valence-corrected chi connectivity index (χ1v) is 12.7. The summed E-state index contributed by atoms with van der Waals surface area (Å²) in [6.07, 6.45) is 0. The third kappa shape index (κ3) is 6.13. The molecule has 0 aromatic heterocycles. The van der Waals surface area contributed by atoms with E-state index in [1.807, 2.05) is 0 Å². The Morgan fingerprint density at radius 1 is 0.656 bits per heavy atom. The molecule has 0 atom stereocenters. The van der Waals surface area contributed by atoms with E-state index in [4.69, 9.17) is 23.2 Å². The molecule has 3 aromatic rings. The second-order valence-corrected chi connectivity index (χ2v) is 10.8. The lowest BCUT2D eigenvalue weighted by atomic mass is 10.3. The first-order valence-electron chi connectivity index (χ1n) is 8.94. The fourth-order valence-corrected chi connectivity index (χ4v) is 5.29. The molecule has 0 fully saturated rings. The Morgan fingerprint density at radius 2 is 1.06 bits per heavy atom. The van der Waals surface area contributed by atoms with Crippen LogP contribution >= 0.6 is 23.2 Å². The molecule has 3 rings (SSSR count). The van der Waals surface area contributed by atoms with Crippen LogP contribution < -0.4 is 14.8 Å². The Bertz CT molecular complexity index is 1340. The van der Waals surface area contributed by atoms with Crippen LogP contribution in [0, 0.1) is 0 Å². The summed E-state index contributed by atoms with van der Waals surface area (Å²) in [5.41, 5.74) is 0.815. The van der Waals surface area contributed by atoms with Crippen LogP contribution in [0.2, 0.25) is 10.0 Å². The fourth-order valence-electron chi connectivity index (χ4n) is 2.66. The molecule has 0 saturated carbocycles. The summed E-state index contributed by atoms with van der Waals surface area (Å²) in [4.78, 5) is 11.0. The van der Waals surface area contributed by atoms with Gasteiger partial charge in [0.05, 0.1) is 15.5 Å². The van der Waals surface area contributed by atoms with E-state index in [0.717, 1.165) is 0 Å². The van der Waals surface area contributed by atoms with Crippen molar-refractivity contribution in [1.29, 1.82) is 0 Å². The minimum absolute atomic E-state index is 0.0252. The maximum absolute atomic E-state index is 12.6. The zero-order valence-electron chi connectivity index (χ0n) is 16.5. The van der Waals surface area contributed by atoms with Gasteiger partial charge in [0.1, 0.15) is 0 Å². The van der Waals surface area contributed by atoms with E-state index in [9.17, 15) is 21.6 Å². The Hall–Kier alpha value is -2.79. The average molecular weight is 514 g/mol. The van der Waals surface area contributed by atoms with Crippen molar-refractivity contribution in [2.24, 2.45) is 0 Å². The Balaban J connectivity index is 1.75.